The third-order valence-corrected chi connectivity index (χ3v) is 3.74. The van der Waals surface area contributed by atoms with E-state index in [4.69, 9.17) is 0 Å². The van der Waals surface area contributed by atoms with Crippen LogP contribution in [0.3, 0.4) is 0 Å². The molecule has 1 saturated heterocycles. The first kappa shape index (κ1) is 11.5. The summed E-state index contributed by atoms with van der Waals surface area (Å²) >= 11 is 0. The minimum absolute atomic E-state index is 0.00380. The van der Waals surface area contributed by atoms with Crippen LogP contribution in [0.25, 0.3) is 5.65 Å². The first-order valence-electron chi connectivity index (χ1n) is 6.57. The predicted molar refractivity (Wildman–Crippen MR) is 69.8 cm³/mol. The average Bonchev–Trinajstić information content (AvgIpc) is 2.94. The summed E-state index contributed by atoms with van der Waals surface area (Å²) in [6.45, 7) is 4.50. The smallest absolute Gasteiger partial charge is 0.183 e. The van der Waals surface area contributed by atoms with Crippen molar-refractivity contribution >= 4 is 5.65 Å². The third kappa shape index (κ3) is 2.06. The molecule has 0 bridgehead atoms. The van der Waals surface area contributed by atoms with Crippen molar-refractivity contribution < 1.29 is 0 Å². The SMILES string of the molecule is CCN1CCCC1Cc1nc2cc(=O)ccn2[nH]1. The minimum atomic E-state index is 0.00380. The molecule has 1 N–H and O–H groups in total. The number of likely N-dealkylation sites (tertiary alicyclic amines) is 1. The number of nitrogens with zero attached hydrogens (tertiary/aromatic N) is 3. The molecule has 1 fully saturated rings. The maximum Gasteiger partial charge on any atom is 0.183 e. The van der Waals surface area contributed by atoms with Gasteiger partial charge in [0.05, 0.1) is 0 Å². The van der Waals surface area contributed by atoms with Gasteiger partial charge in [-0.15, -0.1) is 0 Å². The maximum absolute atomic E-state index is 11.3. The number of fused-ring (bicyclic) bond motifs is 1. The van der Waals surface area contributed by atoms with Gasteiger partial charge in [-0.1, -0.05) is 6.92 Å². The Bertz CT molecular complexity index is 600. The van der Waals surface area contributed by atoms with Gasteiger partial charge >= 0.3 is 0 Å². The Balaban J connectivity index is 1.84. The Labute approximate surface area is 105 Å². The zero-order chi connectivity index (χ0) is 12.5. The number of nitrogens with one attached hydrogen (secondary N) is 1. The molecule has 96 valence electrons. The summed E-state index contributed by atoms with van der Waals surface area (Å²) < 4.78 is 1.81. The van der Waals surface area contributed by atoms with Crippen LogP contribution >= 0.6 is 0 Å². The van der Waals surface area contributed by atoms with Crippen LogP contribution in [0, 0.1) is 0 Å². The minimum Gasteiger partial charge on any atom is -0.300 e. The van der Waals surface area contributed by atoms with Gasteiger partial charge in [-0.3, -0.25) is 9.89 Å². The highest BCUT2D eigenvalue weighted by molar-refractivity contribution is 5.36. The normalized spacial score (nSPS) is 20.8. The first-order chi connectivity index (χ1) is 8.76. The summed E-state index contributed by atoms with van der Waals surface area (Å²) in [5, 5.41) is 3.23. The second-order valence-corrected chi connectivity index (χ2v) is 4.89. The molecule has 0 amide bonds. The van der Waals surface area contributed by atoms with Gasteiger partial charge in [0.25, 0.3) is 0 Å². The molecule has 3 rings (SSSR count). The van der Waals surface area contributed by atoms with Crippen LogP contribution < -0.4 is 5.43 Å². The lowest BCUT2D eigenvalue weighted by molar-refractivity contribution is 0.263. The van der Waals surface area contributed by atoms with Crippen LogP contribution in [0.4, 0.5) is 0 Å². The van der Waals surface area contributed by atoms with Gasteiger partial charge in [-0.25, -0.2) is 9.50 Å². The van der Waals surface area contributed by atoms with E-state index in [1.165, 1.54) is 19.4 Å². The van der Waals surface area contributed by atoms with E-state index in [2.05, 4.69) is 21.9 Å². The van der Waals surface area contributed by atoms with Crippen LogP contribution in [0.15, 0.2) is 23.1 Å². The number of H-pyrrole nitrogens is 1. The Morgan fingerprint density at radius 1 is 1.56 bits per heavy atom. The van der Waals surface area contributed by atoms with Crippen molar-refractivity contribution in [2.24, 2.45) is 0 Å². The predicted octanol–water partition coefficient (Wildman–Crippen LogP) is 1.05. The molecule has 0 aromatic carbocycles. The second kappa shape index (κ2) is 4.57. The molecule has 1 unspecified atom stereocenters. The number of aromatic amines is 1. The van der Waals surface area contributed by atoms with E-state index in [0.717, 1.165) is 18.8 Å². The Hall–Kier alpha value is -1.62. The summed E-state index contributed by atoms with van der Waals surface area (Å²) in [7, 11) is 0. The van der Waals surface area contributed by atoms with Crippen molar-refractivity contribution in [1.82, 2.24) is 19.5 Å². The van der Waals surface area contributed by atoms with E-state index in [1.807, 2.05) is 4.52 Å². The topological polar surface area (TPSA) is 53.4 Å². The molecule has 1 aliphatic heterocycles. The number of hydrogen-bond acceptors (Lipinski definition) is 3. The van der Waals surface area contributed by atoms with Crippen LogP contribution in [0.1, 0.15) is 25.6 Å². The summed E-state index contributed by atoms with van der Waals surface area (Å²) in [4.78, 5) is 18.2. The van der Waals surface area contributed by atoms with Gasteiger partial charge in [0.2, 0.25) is 0 Å². The van der Waals surface area contributed by atoms with Crippen LogP contribution in [-0.4, -0.2) is 38.6 Å². The van der Waals surface area contributed by atoms with E-state index >= 15 is 0 Å². The Morgan fingerprint density at radius 2 is 2.44 bits per heavy atom. The molecule has 2 aromatic heterocycles. The summed E-state index contributed by atoms with van der Waals surface area (Å²) in [6, 6.07) is 3.69. The van der Waals surface area contributed by atoms with Gasteiger partial charge in [-0.05, 0) is 25.9 Å². The number of hydrogen-bond donors (Lipinski definition) is 1. The lowest BCUT2D eigenvalue weighted by Gasteiger charge is -2.21. The fraction of sp³-hybridized carbons (Fsp3) is 0.538. The van der Waals surface area contributed by atoms with Crippen LogP contribution in [0.5, 0.6) is 0 Å². The van der Waals surface area contributed by atoms with E-state index in [0.29, 0.717) is 11.7 Å². The lowest BCUT2D eigenvalue weighted by atomic mass is 10.1. The zero-order valence-electron chi connectivity index (χ0n) is 10.6. The van der Waals surface area contributed by atoms with Gasteiger partial charge < -0.3 is 4.90 Å². The molecule has 0 saturated carbocycles. The molecule has 2 aromatic rings. The molecule has 5 nitrogen and oxygen atoms in total. The molecular formula is C13H18N4O. The summed E-state index contributed by atoms with van der Waals surface area (Å²) in [5.74, 6) is 0.964. The lowest BCUT2D eigenvalue weighted by Crippen LogP contribution is -2.31. The van der Waals surface area contributed by atoms with Crippen molar-refractivity contribution in [1.29, 1.82) is 0 Å². The standard InChI is InChI=1S/C13H18N4O/c1-2-16-6-3-4-10(16)8-12-14-13-9-11(18)5-7-17(13)15-12/h5,7,9-10H,2-4,6,8H2,1H3,(H,14,15). The molecule has 5 heteroatoms. The maximum atomic E-state index is 11.3. The second-order valence-electron chi connectivity index (χ2n) is 4.89. The fourth-order valence-electron chi connectivity index (χ4n) is 2.81. The quantitative estimate of drug-likeness (QED) is 0.880. The average molecular weight is 246 g/mol. The monoisotopic (exact) mass is 246 g/mol. The number of rotatable bonds is 3. The van der Waals surface area contributed by atoms with E-state index < -0.39 is 0 Å². The highest BCUT2D eigenvalue weighted by Crippen LogP contribution is 2.19. The summed E-state index contributed by atoms with van der Waals surface area (Å²) in [5.41, 5.74) is 0.711. The molecule has 18 heavy (non-hydrogen) atoms. The molecule has 1 aliphatic rings. The fourth-order valence-corrected chi connectivity index (χ4v) is 2.81. The van der Waals surface area contributed by atoms with E-state index in [9.17, 15) is 4.79 Å². The van der Waals surface area contributed by atoms with Gasteiger partial charge in [0, 0.05) is 30.8 Å². The Morgan fingerprint density at radius 3 is 3.28 bits per heavy atom. The number of likely N-dealkylation sites (N-methyl/N-ethyl adjacent to an activating group) is 1. The van der Waals surface area contributed by atoms with Crippen molar-refractivity contribution in [3.63, 3.8) is 0 Å². The molecular weight excluding hydrogens is 228 g/mol. The number of pyridine rings is 1. The Kier molecular flexibility index (Phi) is 2.91. The van der Waals surface area contributed by atoms with Crippen LogP contribution in [0.2, 0.25) is 0 Å². The van der Waals surface area contributed by atoms with E-state index in [1.54, 1.807) is 18.3 Å². The third-order valence-electron chi connectivity index (χ3n) is 3.74. The largest absolute Gasteiger partial charge is 0.300 e. The van der Waals surface area contributed by atoms with Crippen molar-refractivity contribution in [2.45, 2.75) is 32.2 Å². The highest BCUT2D eigenvalue weighted by Gasteiger charge is 2.24. The van der Waals surface area contributed by atoms with Crippen molar-refractivity contribution in [3.8, 4) is 0 Å². The molecule has 0 spiro atoms. The van der Waals surface area contributed by atoms with Gasteiger partial charge in [0.15, 0.2) is 11.1 Å². The summed E-state index contributed by atoms with van der Waals surface area (Å²) in [6.07, 6.45) is 5.18. The van der Waals surface area contributed by atoms with Gasteiger partial charge in [-0.2, -0.15) is 0 Å². The zero-order valence-corrected chi connectivity index (χ0v) is 10.6. The highest BCUT2D eigenvalue weighted by atomic mass is 16.1. The van der Waals surface area contributed by atoms with Crippen LogP contribution in [-0.2, 0) is 6.42 Å². The van der Waals surface area contributed by atoms with Crippen molar-refractivity contribution in [2.75, 3.05) is 13.1 Å². The molecule has 0 radical (unpaired) electrons. The first-order valence-corrected chi connectivity index (χ1v) is 6.57. The molecule has 1 atom stereocenters. The number of aromatic nitrogens is 3. The molecule has 3 heterocycles. The van der Waals surface area contributed by atoms with Crippen molar-refractivity contribution in [3.05, 3.63) is 34.4 Å². The molecule has 0 aliphatic carbocycles. The van der Waals surface area contributed by atoms with Gasteiger partial charge in [0.1, 0.15) is 5.82 Å². The van der Waals surface area contributed by atoms with E-state index in [-0.39, 0.29) is 5.43 Å².